The molecule has 4 rings (SSSR count). The van der Waals surface area contributed by atoms with E-state index < -0.39 is 0 Å². The standard InChI is InChI=1S/C22H26N6/c1-4-17-9-10-20-19(11-17)16(3)25-22(26-20)27-21-23-13-28(14-24-21)12-18-7-5-15(2)6-8-18/h5-11H,4,12-14H2,1-3H3,(H2,23,24,25,26,27). The average Bonchev–Trinajstić information content (AvgIpc) is 2.71. The lowest BCUT2D eigenvalue weighted by Crippen LogP contribution is -2.45. The number of nitrogens with one attached hydrogen (secondary N) is 2. The van der Waals surface area contributed by atoms with Gasteiger partial charge in [0.15, 0.2) is 0 Å². The molecule has 3 aromatic rings. The first-order valence-electron chi connectivity index (χ1n) is 9.71. The molecule has 2 N–H and O–H groups in total. The molecule has 0 amide bonds. The van der Waals surface area contributed by atoms with Crippen molar-refractivity contribution in [2.75, 3.05) is 18.7 Å². The van der Waals surface area contributed by atoms with E-state index in [2.05, 4.69) is 86.8 Å². The van der Waals surface area contributed by atoms with Crippen molar-refractivity contribution < 1.29 is 0 Å². The maximum Gasteiger partial charge on any atom is 0.230 e. The number of hydrogen-bond acceptors (Lipinski definition) is 6. The van der Waals surface area contributed by atoms with Gasteiger partial charge in [-0.1, -0.05) is 42.8 Å². The van der Waals surface area contributed by atoms with Crippen molar-refractivity contribution in [2.45, 2.75) is 33.7 Å². The van der Waals surface area contributed by atoms with Crippen LogP contribution in [0.4, 0.5) is 5.95 Å². The number of rotatable bonds is 4. The largest absolute Gasteiger partial charge is 0.343 e. The zero-order valence-electron chi connectivity index (χ0n) is 16.7. The second-order valence-corrected chi connectivity index (χ2v) is 7.26. The Labute approximate surface area is 165 Å². The van der Waals surface area contributed by atoms with Crippen LogP contribution in [0.5, 0.6) is 0 Å². The van der Waals surface area contributed by atoms with Crippen LogP contribution in [0.2, 0.25) is 0 Å². The Morgan fingerprint density at radius 1 is 1.04 bits per heavy atom. The molecule has 2 aromatic carbocycles. The quantitative estimate of drug-likeness (QED) is 0.730. The third-order valence-electron chi connectivity index (χ3n) is 5.01. The van der Waals surface area contributed by atoms with Gasteiger partial charge < -0.3 is 5.32 Å². The number of aromatic nitrogens is 2. The fraction of sp³-hybridized carbons (Fsp3) is 0.318. The molecule has 144 valence electrons. The average molecular weight is 374 g/mol. The molecule has 0 aliphatic carbocycles. The highest BCUT2D eigenvalue weighted by Crippen LogP contribution is 2.19. The van der Waals surface area contributed by atoms with E-state index in [0.717, 1.165) is 36.2 Å². The molecule has 28 heavy (non-hydrogen) atoms. The van der Waals surface area contributed by atoms with Crippen molar-refractivity contribution in [3.05, 3.63) is 64.8 Å². The highest BCUT2D eigenvalue weighted by molar-refractivity contribution is 5.93. The highest BCUT2D eigenvalue weighted by atomic mass is 15.4. The van der Waals surface area contributed by atoms with Crippen LogP contribution in [0.15, 0.2) is 47.5 Å². The molecule has 0 fully saturated rings. The summed E-state index contributed by atoms with van der Waals surface area (Å²) in [6.45, 7) is 8.52. The first-order valence-corrected chi connectivity index (χ1v) is 9.71. The van der Waals surface area contributed by atoms with Crippen molar-refractivity contribution in [3.8, 4) is 0 Å². The summed E-state index contributed by atoms with van der Waals surface area (Å²) in [5.41, 5.74) is 5.79. The van der Waals surface area contributed by atoms with Crippen LogP contribution >= 0.6 is 0 Å². The van der Waals surface area contributed by atoms with Crippen LogP contribution in [0.1, 0.15) is 29.3 Å². The topological polar surface area (TPSA) is 65.4 Å². The minimum Gasteiger partial charge on any atom is -0.343 e. The highest BCUT2D eigenvalue weighted by Gasteiger charge is 2.14. The van der Waals surface area contributed by atoms with Gasteiger partial charge in [0.1, 0.15) is 0 Å². The van der Waals surface area contributed by atoms with E-state index in [1.54, 1.807) is 0 Å². The zero-order chi connectivity index (χ0) is 19.5. The Morgan fingerprint density at radius 2 is 1.82 bits per heavy atom. The predicted molar refractivity (Wildman–Crippen MR) is 114 cm³/mol. The molecule has 0 spiro atoms. The molecule has 0 atom stereocenters. The van der Waals surface area contributed by atoms with Gasteiger partial charge in [0.2, 0.25) is 11.9 Å². The van der Waals surface area contributed by atoms with Gasteiger partial charge in [-0.2, -0.15) is 0 Å². The summed E-state index contributed by atoms with van der Waals surface area (Å²) in [5.74, 6) is 1.29. The normalized spacial score (nSPS) is 14.6. The Bertz CT molecular complexity index is 1010. The lowest BCUT2D eigenvalue weighted by atomic mass is 10.1. The Hall–Kier alpha value is -2.99. The molecule has 0 radical (unpaired) electrons. The second-order valence-electron chi connectivity index (χ2n) is 7.26. The molecule has 6 nitrogen and oxygen atoms in total. The predicted octanol–water partition coefficient (Wildman–Crippen LogP) is 3.60. The number of guanidine groups is 1. The van der Waals surface area contributed by atoms with Crippen LogP contribution in [0.25, 0.3) is 10.9 Å². The van der Waals surface area contributed by atoms with E-state index in [1.807, 2.05) is 6.92 Å². The molecule has 6 heteroatoms. The number of fused-ring (bicyclic) bond motifs is 1. The molecule has 0 bridgehead atoms. The lowest BCUT2D eigenvalue weighted by Gasteiger charge is -2.27. The third kappa shape index (κ3) is 4.12. The summed E-state index contributed by atoms with van der Waals surface area (Å²) < 4.78 is 0. The van der Waals surface area contributed by atoms with Gasteiger partial charge in [0, 0.05) is 11.9 Å². The van der Waals surface area contributed by atoms with Crippen LogP contribution in [-0.4, -0.2) is 34.2 Å². The minimum absolute atomic E-state index is 0.576. The first-order chi connectivity index (χ1) is 13.6. The van der Waals surface area contributed by atoms with Crippen molar-refractivity contribution >= 4 is 22.8 Å². The number of hydrogen-bond donors (Lipinski definition) is 2. The van der Waals surface area contributed by atoms with E-state index in [-0.39, 0.29) is 0 Å². The Balaban J connectivity index is 1.43. The van der Waals surface area contributed by atoms with Gasteiger partial charge in [-0.15, -0.1) is 0 Å². The minimum atomic E-state index is 0.576. The molecule has 1 aromatic heterocycles. The summed E-state index contributed by atoms with van der Waals surface area (Å²) in [4.78, 5) is 16.1. The molecule has 2 heterocycles. The smallest absolute Gasteiger partial charge is 0.230 e. The van der Waals surface area contributed by atoms with Crippen LogP contribution in [0.3, 0.4) is 0 Å². The molecular weight excluding hydrogens is 348 g/mol. The first kappa shape index (κ1) is 18.4. The van der Waals surface area contributed by atoms with Gasteiger partial charge in [-0.3, -0.25) is 10.2 Å². The lowest BCUT2D eigenvalue weighted by molar-refractivity contribution is 0.256. The number of nitrogens with zero attached hydrogens (tertiary/aromatic N) is 4. The van der Waals surface area contributed by atoms with Crippen molar-refractivity contribution in [1.82, 2.24) is 20.2 Å². The van der Waals surface area contributed by atoms with Gasteiger partial charge in [-0.05, 0) is 43.5 Å². The van der Waals surface area contributed by atoms with Gasteiger partial charge in [-0.25, -0.2) is 15.0 Å². The molecule has 0 unspecified atom stereocenters. The van der Waals surface area contributed by atoms with Crippen LogP contribution in [0, 0.1) is 13.8 Å². The summed E-state index contributed by atoms with van der Waals surface area (Å²) in [6, 6.07) is 15.0. The van der Waals surface area contributed by atoms with Gasteiger partial charge >= 0.3 is 0 Å². The maximum absolute atomic E-state index is 4.64. The van der Waals surface area contributed by atoms with Crippen LogP contribution < -0.4 is 10.6 Å². The summed E-state index contributed by atoms with van der Waals surface area (Å²) in [6.07, 6.45) is 1.01. The van der Waals surface area contributed by atoms with Crippen molar-refractivity contribution in [3.63, 3.8) is 0 Å². The molecular formula is C22H26N6. The summed E-state index contributed by atoms with van der Waals surface area (Å²) in [7, 11) is 0. The second kappa shape index (κ2) is 7.94. The van der Waals surface area contributed by atoms with E-state index in [0.29, 0.717) is 18.6 Å². The SMILES string of the molecule is CCc1ccc2nc(NC3=NCN(Cc4ccc(C)cc4)CN3)nc(C)c2c1. The summed E-state index contributed by atoms with van der Waals surface area (Å²) in [5, 5.41) is 7.65. The number of anilines is 1. The maximum atomic E-state index is 4.64. The van der Waals surface area contributed by atoms with Gasteiger partial charge in [0.25, 0.3) is 0 Å². The van der Waals surface area contributed by atoms with E-state index in [1.165, 1.54) is 16.7 Å². The molecule has 1 aliphatic rings. The zero-order valence-corrected chi connectivity index (χ0v) is 16.7. The van der Waals surface area contributed by atoms with E-state index in [4.69, 9.17) is 0 Å². The third-order valence-corrected chi connectivity index (χ3v) is 5.01. The Kier molecular flexibility index (Phi) is 5.21. The van der Waals surface area contributed by atoms with Gasteiger partial charge in [0.05, 0.1) is 24.5 Å². The monoisotopic (exact) mass is 374 g/mol. The number of benzene rings is 2. The fourth-order valence-electron chi connectivity index (χ4n) is 3.31. The molecule has 0 saturated heterocycles. The van der Waals surface area contributed by atoms with Crippen molar-refractivity contribution in [1.29, 1.82) is 0 Å². The van der Waals surface area contributed by atoms with Crippen molar-refractivity contribution in [2.24, 2.45) is 4.99 Å². The van der Waals surface area contributed by atoms with Crippen LogP contribution in [-0.2, 0) is 13.0 Å². The molecule has 1 aliphatic heterocycles. The summed E-state index contributed by atoms with van der Waals surface area (Å²) >= 11 is 0. The fourth-order valence-corrected chi connectivity index (χ4v) is 3.31. The van der Waals surface area contributed by atoms with E-state index >= 15 is 0 Å². The Morgan fingerprint density at radius 3 is 2.54 bits per heavy atom. The molecule has 0 saturated carbocycles. The van der Waals surface area contributed by atoms with E-state index in [9.17, 15) is 0 Å². The number of aliphatic imine (C=N–C) groups is 1. The number of aryl methyl sites for hydroxylation is 3.